The van der Waals surface area contributed by atoms with Gasteiger partial charge in [0.05, 0.1) is 33.4 Å². The largest absolute Gasteiger partial charge is 0.312 e. The molecule has 17 rings (SSSR count). The Morgan fingerprint density at radius 3 is 1.06 bits per heavy atom. The summed E-state index contributed by atoms with van der Waals surface area (Å²) in [4.78, 5) is 8.05. The molecule has 0 bridgehead atoms. The summed E-state index contributed by atoms with van der Waals surface area (Å²) < 4.78 is 4.97. The van der Waals surface area contributed by atoms with E-state index >= 15 is 0 Å². The lowest BCUT2D eigenvalue weighted by Crippen LogP contribution is -2.68. The molecule has 4 aliphatic heterocycles. The number of para-hydroxylation sites is 6. The minimum Gasteiger partial charge on any atom is -0.312 e. The van der Waals surface area contributed by atoms with Crippen LogP contribution >= 0.6 is 0 Å². The van der Waals surface area contributed by atoms with E-state index in [1.807, 2.05) is 0 Å². The van der Waals surface area contributed by atoms with Gasteiger partial charge in [-0.25, -0.2) is 0 Å². The van der Waals surface area contributed by atoms with E-state index < -0.39 is 0 Å². The lowest BCUT2D eigenvalue weighted by Gasteiger charge is -2.51. The molecule has 13 aromatic rings. The highest BCUT2D eigenvalue weighted by Gasteiger charge is 2.52. The van der Waals surface area contributed by atoms with E-state index in [1.165, 1.54) is 161 Å². The summed E-state index contributed by atoms with van der Waals surface area (Å²) in [7, 11) is 0. The van der Waals surface area contributed by atoms with Crippen LogP contribution in [0.25, 0.3) is 55.0 Å². The average Bonchev–Trinajstić information content (AvgIpc) is 3.65. The normalized spacial score (nSPS) is 13.6. The highest BCUT2D eigenvalue weighted by Crippen LogP contribution is 2.53. The van der Waals surface area contributed by atoms with Crippen LogP contribution in [0.15, 0.2) is 212 Å². The van der Waals surface area contributed by atoms with E-state index in [9.17, 15) is 0 Å². The molecule has 11 aromatic carbocycles. The number of aromatic nitrogens is 2. The molecule has 0 unspecified atom stereocenters. The SMILES string of the molecule is Cc1cc(C)c(N2c3cc4c(cc3B3c5ccccc5N5c6ccccc6B6c7cc8c9ccccc9n(-c9ccccc9)c8cc7N(c7c(C)cc(C)cc7C)c7cc2c3c5c76)c2ccccc2n4-c2ccccc2)c(C)c1. The lowest BCUT2D eigenvalue weighted by molar-refractivity contribution is 1.16. The quantitative estimate of drug-likeness (QED) is 0.164. The molecule has 0 atom stereocenters. The van der Waals surface area contributed by atoms with Crippen LogP contribution < -0.4 is 47.5 Å². The monoisotopic (exact) mass is 1010 g/mol. The van der Waals surface area contributed by atoms with Gasteiger partial charge in [-0.15, -0.1) is 0 Å². The van der Waals surface area contributed by atoms with Crippen LogP contribution in [-0.2, 0) is 0 Å². The van der Waals surface area contributed by atoms with Crippen LogP contribution in [0.1, 0.15) is 33.4 Å². The molecule has 0 spiro atoms. The molecule has 0 fully saturated rings. The highest BCUT2D eigenvalue weighted by molar-refractivity contribution is 7.05. The van der Waals surface area contributed by atoms with Gasteiger partial charge in [0.1, 0.15) is 0 Å². The van der Waals surface area contributed by atoms with Gasteiger partial charge < -0.3 is 23.8 Å². The van der Waals surface area contributed by atoms with Crippen molar-refractivity contribution in [3.63, 3.8) is 0 Å². The molecule has 79 heavy (non-hydrogen) atoms. The predicted octanol–water partition coefficient (Wildman–Crippen LogP) is 14.4. The second-order valence-corrected chi connectivity index (χ2v) is 22.8. The number of benzene rings is 11. The average molecular weight is 1010 g/mol. The predicted molar refractivity (Wildman–Crippen MR) is 337 cm³/mol. The third-order valence-electron chi connectivity index (χ3n) is 18.1. The Hall–Kier alpha value is -9.45. The fraction of sp³-hybridized carbons (Fsp3) is 0.0833. The maximum Gasteiger partial charge on any atom is 0.252 e. The van der Waals surface area contributed by atoms with Gasteiger partial charge in [-0.1, -0.05) is 157 Å². The van der Waals surface area contributed by atoms with Crippen molar-refractivity contribution in [2.75, 3.05) is 14.7 Å². The van der Waals surface area contributed by atoms with Crippen molar-refractivity contribution >= 4 is 141 Å². The summed E-state index contributed by atoms with van der Waals surface area (Å²) in [6.07, 6.45) is 0. The Labute approximate surface area is 461 Å². The Kier molecular flexibility index (Phi) is 9.08. The topological polar surface area (TPSA) is 19.6 Å². The van der Waals surface area contributed by atoms with Crippen molar-refractivity contribution in [1.29, 1.82) is 0 Å². The standard InChI is InChI=1S/C72H53B2N5/c1-42-33-44(3)70(45(4)34-42)78-64-39-62-52(50-25-13-17-29-58(50)75(62)48-21-9-7-10-22-48)37-56(64)73-54-27-15-19-31-60(54)77-61-32-20-16-28-55(61)74-57-38-53-51-26-14-18-30-59(51)76(49-23-11-8-12-24-49)63(53)40-65(57)79(71-46(5)35-43(2)36-47(71)6)67-41-66(78)68(73)72(77)69(67)74/h7-41H,1-6H3. The van der Waals surface area contributed by atoms with Crippen LogP contribution in [0.4, 0.5) is 51.2 Å². The fourth-order valence-corrected chi connectivity index (χ4v) is 15.4. The Balaban J connectivity index is 1.07. The molecular formula is C72H53B2N5. The molecule has 0 saturated carbocycles. The van der Waals surface area contributed by atoms with Gasteiger partial charge in [0, 0.05) is 72.7 Å². The third-order valence-corrected chi connectivity index (χ3v) is 18.1. The first kappa shape index (κ1) is 44.7. The van der Waals surface area contributed by atoms with Crippen molar-refractivity contribution in [2.45, 2.75) is 41.5 Å². The van der Waals surface area contributed by atoms with E-state index in [-0.39, 0.29) is 13.4 Å². The molecule has 0 N–H and O–H groups in total. The van der Waals surface area contributed by atoms with Gasteiger partial charge in [-0.3, -0.25) is 0 Å². The summed E-state index contributed by atoms with van der Waals surface area (Å²) in [5.74, 6) is 0. The maximum absolute atomic E-state index is 2.69. The molecule has 372 valence electrons. The summed E-state index contributed by atoms with van der Waals surface area (Å²) in [5.41, 5.74) is 33.7. The number of aryl methyl sites for hydroxylation is 6. The highest BCUT2D eigenvalue weighted by atomic mass is 15.2. The summed E-state index contributed by atoms with van der Waals surface area (Å²) in [5, 5.41) is 5.04. The van der Waals surface area contributed by atoms with Gasteiger partial charge in [0.15, 0.2) is 0 Å². The Morgan fingerprint density at radius 2 is 0.633 bits per heavy atom. The number of hydrogen-bond acceptors (Lipinski definition) is 3. The van der Waals surface area contributed by atoms with Crippen molar-refractivity contribution in [3.05, 3.63) is 246 Å². The molecule has 5 nitrogen and oxygen atoms in total. The minimum absolute atomic E-state index is 0.0711. The van der Waals surface area contributed by atoms with E-state index in [4.69, 9.17) is 0 Å². The number of fused-ring (bicyclic) bond motifs is 16. The van der Waals surface area contributed by atoms with E-state index in [0.717, 1.165) is 11.4 Å². The van der Waals surface area contributed by atoms with Gasteiger partial charge in [-0.2, -0.15) is 0 Å². The summed E-state index contributed by atoms with van der Waals surface area (Å²) in [6, 6.07) is 80.9. The molecule has 0 radical (unpaired) electrons. The van der Waals surface area contributed by atoms with Gasteiger partial charge in [-0.05, 0) is 163 Å². The van der Waals surface area contributed by atoms with E-state index in [0.29, 0.717) is 0 Å². The third kappa shape index (κ3) is 5.92. The molecule has 4 aliphatic rings. The van der Waals surface area contributed by atoms with Crippen LogP contribution in [0.2, 0.25) is 0 Å². The van der Waals surface area contributed by atoms with Gasteiger partial charge >= 0.3 is 0 Å². The molecular weight excluding hydrogens is 956 g/mol. The molecule has 2 aromatic heterocycles. The van der Waals surface area contributed by atoms with Crippen molar-refractivity contribution in [2.24, 2.45) is 0 Å². The molecule has 0 saturated heterocycles. The summed E-state index contributed by atoms with van der Waals surface area (Å²) in [6.45, 7) is 13.6. The first-order chi connectivity index (χ1) is 38.7. The van der Waals surface area contributed by atoms with Gasteiger partial charge in [0.2, 0.25) is 0 Å². The number of nitrogens with zero attached hydrogens (tertiary/aromatic N) is 5. The van der Waals surface area contributed by atoms with E-state index in [1.54, 1.807) is 0 Å². The van der Waals surface area contributed by atoms with Crippen LogP contribution in [0.5, 0.6) is 0 Å². The molecule has 0 amide bonds. The smallest absolute Gasteiger partial charge is 0.252 e. The first-order valence-electron chi connectivity index (χ1n) is 27.9. The summed E-state index contributed by atoms with van der Waals surface area (Å²) >= 11 is 0. The first-order valence-corrected chi connectivity index (χ1v) is 27.9. The molecule has 7 heteroatoms. The maximum atomic E-state index is 2.69. The number of rotatable bonds is 4. The van der Waals surface area contributed by atoms with Crippen LogP contribution in [0, 0.1) is 41.5 Å². The zero-order valence-electron chi connectivity index (χ0n) is 45.1. The Bertz CT molecular complexity index is 4490. The lowest BCUT2D eigenvalue weighted by atomic mass is 9.28. The number of hydrogen-bond donors (Lipinski definition) is 0. The molecule has 0 aliphatic carbocycles. The van der Waals surface area contributed by atoms with Crippen LogP contribution in [0.3, 0.4) is 0 Å². The zero-order valence-corrected chi connectivity index (χ0v) is 45.1. The minimum atomic E-state index is -0.0711. The van der Waals surface area contributed by atoms with Crippen molar-refractivity contribution in [3.8, 4) is 11.4 Å². The second-order valence-electron chi connectivity index (χ2n) is 22.8. The zero-order chi connectivity index (χ0) is 52.7. The van der Waals surface area contributed by atoms with Gasteiger partial charge in [0.25, 0.3) is 13.4 Å². The number of anilines is 9. The molecule has 6 heterocycles. The van der Waals surface area contributed by atoms with E-state index in [2.05, 4.69) is 278 Å². The van der Waals surface area contributed by atoms with Crippen molar-refractivity contribution in [1.82, 2.24) is 9.13 Å². The fourth-order valence-electron chi connectivity index (χ4n) is 15.4. The van der Waals surface area contributed by atoms with Crippen molar-refractivity contribution < 1.29 is 0 Å². The second kappa shape index (κ2) is 16.1. The van der Waals surface area contributed by atoms with Crippen LogP contribution in [-0.4, -0.2) is 22.6 Å². The Morgan fingerprint density at radius 1 is 0.266 bits per heavy atom.